The molecule has 4 aliphatic carbocycles. The molecule has 4 N–H and O–H groups in total. The summed E-state index contributed by atoms with van der Waals surface area (Å²) in [7, 11) is 0. The van der Waals surface area contributed by atoms with E-state index in [1.807, 2.05) is 27.7 Å². The molecule has 0 radical (unpaired) electrons. The highest BCUT2D eigenvalue weighted by Gasteiger charge is 2.74. The van der Waals surface area contributed by atoms with Crippen LogP contribution in [-0.4, -0.2) is 67.5 Å². The summed E-state index contributed by atoms with van der Waals surface area (Å²) in [6.45, 7) is 15.7. The monoisotopic (exact) mass is 560 g/mol. The van der Waals surface area contributed by atoms with Gasteiger partial charge in [0.25, 0.3) is 0 Å². The van der Waals surface area contributed by atoms with Crippen LogP contribution in [0.1, 0.15) is 88.0 Å². The van der Waals surface area contributed by atoms with Crippen LogP contribution >= 0.6 is 0 Å². The molecule has 0 amide bonds. The number of hydrogen-bond donors (Lipinski definition) is 4. The molecular formula is C32H48O8. The van der Waals surface area contributed by atoms with Crippen LogP contribution < -0.4 is 0 Å². The average Bonchev–Trinajstić information content (AvgIpc) is 3.01. The fourth-order valence-corrected chi connectivity index (χ4v) is 9.55. The first-order valence-corrected chi connectivity index (χ1v) is 14.5. The maximum absolute atomic E-state index is 14.3. The van der Waals surface area contributed by atoms with Crippen molar-refractivity contribution in [2.75, 3.05) is 0 Å². The molecular weight excluding hydrogens is 512 g/mol. The molecule has 40 heavy (non-hydrogen) atoms. The topological polar surface area (TPSA) is 141 Å². The third kappa shape index (κ3) is 4.19. The summed E-state index contributed by atoms with van der Waals surface area (Å²) in [4.78, 5) is 39.2. The second kappa shape index (κ2) is 9.32. The van der Waals surface area contributed by atoms with Crippen molar-refractivity contribution < 1.29 is 39.5 Å². The van der Waals surface area contributed by atoms with Gasteiger partial charge in [-0.2, -0.15) is 0 Å². The molecule has 0 aromatic rings. The number of carbonyl (C=O) groups excluding carboxylic acids is 3. The van der Waals surface area contributed by atoms with Gasteiger partial charge in [-0.3, -0.25) is 14.4 Å². The van der Waals surface area contributed by atoms with E-state index in [0.717, 1.165) is 5.57 Å². The predicted octanol–water partition coefficient (Wildman–Crippen LogP) is 3.29. The van der Waals surface area contributed by atoms with E-state index in [1.54, 1.807) is 13.8 Å². The molecule has 0 aromatic heterocycles. The van der Waals surface area contributed by atoms with Crippen LogP contribution in [-0.2, 0) is 19.1 Å². The fraction of sp³-hybridized carbons (Fsp3) is 0.781. The lowest BCUT2D eigenvalue weighted by Gasteiger charge is -2.65. The van der Waals surface area contributed by atoms with Gasteiger partial charge in [0.2, 0.25) is 0 Å². The first-order valence-electron chi connectivity index (χ1n) is 14.5. The highest BCUT2D eigenvalue weighted by Crippen LogP contribution is 2.74. The summed E-state index contributed by atoms with van der Waals surface area (Å²) < 4.78 is 5.23. The Labute approximate surface area is 237 Å². The van der Waals surface area contributed by atoms with Gasteiger partial charge in [0.05, 0.1) is 18.3 Å². The number of ketones is 2. The Kier molecular flexibility index (Phi) is 7.24. The van der Waals surface area contributed by atoms with Crippen molar-refractivity contribution >= 4 is 17.5 Å². The van der Waals surface area contributed by atoms with E-state index < -0.39 is 68.8 Å². The standard InChI is InChI=1S/C32H48O8/c1-17(33)40-27(2,3)13-12-23(36)32(9,39)25-21(35)15-29(6)22-11-10-18-19(14-20(34)26(38)28(18,4)5)31(22,8)24(37)16-30(25,29)7/h10,12-13,19-22,25-26,34-35,38-39H,11,14-16H2,1-9H3/t19?,20?,21-,22?,25+,26+,29+,30-,31-,32?/m0/s1. The lowest BCUT2D eigenvalue weighted by atomic mass is 9.38. The quantitative estimate of drug-likeness (QED) is 0.228. The zero-order valence-corrected chi connectivity index (χ0v) is 25.4. The lowest BCUT2D eigenvalue weighted by molar-refractivity contribution is -0.186. The molecule has 4 aliphatic rings. The van der Waals surface area contributed by atoms with Crippen molar-refractivity contribution in [1.29, 1.82) is 0 Å². The molecule has 0 spiro atoms. The van der Waals surface area contributed by atoms with Crippen LogP contribution in [0.3, 0.4) is 0 Å². The largest absolute Gasteiger partial charge is 0.456 e. The molecule has 4 unspecified atom stereocenters. The number of esters is 1. The number of ether oxygens (including phenoxy) is 1. The molecule has 4 rings (SSSR count). The van der Waals surface area contributed by atoms with E-state index in [-0.39, 0.29) is 30.5 Å². The Balaban J connectivity index is 1.74. The normalized spacial score (nSPS) is 44.2. The van der Waals surface area contributed by atoms with Gasteiger partial charge in [-0.05, 0) is 74.9 Å². The third-order valence-electron chi connectivity index (χ3n) is 11.8. The molecule has 3 saturated carbocycles. The van der Waals surface area contributed by atoms with E-state index >= 15 is 0 Å². The lowest BCUT2D eigenvalue weighted by Crippen LogP contribution is -2.65. The number of allylic oxidation sites excluding steroid dienone is 1. The van der Waals surface area contributed by atoms with Crippen molar-refractivity contribution in [3.63, 3.8) is 0 Å². The van der Waals surface area contributed by atoms with Crippen LogP contribution in [0.4, 0.5) is 0 Å². The van der Waals surface area contributed by atoms with Crippen molar-refractivity contribution in [1.82, 2.24) is 0 Å². The minimum atomic E-state index is -1.98. The number of aliphatic hydroxyl groups is 4. The number of fused-ring (bicyclic) bond motifs is 5. The zero-order chi connectivity index (χ0) is 30.4. The van der Waals surface area contributed by atoms with Gasteiger partial charge >= 0.3 is 5.97 Å². The van der Waals surface area contributed by atoms with Crippen molar-refractivity contribution in [3.8, 4) is 0 Å². The van der Waals surface area contributed by atoms with Crippen LogP contribution in [0.15, 0.2) is 23.8 Å². The van der Waals surface area contributed by atoms with Crippen LogP contribution in [0.25, 0.3) is 0 Å². The summed E-state index contributed by atoms with van der Waals surface area (Å²) in [6, 6.07) is 0. The number of rotatable bonds is 5. The number of Topliss-reactive ketones (excluding diaryl/α,β-unsaturated/α-hetero) is 1. The van der Waals surface area contributed by atoms with Gasteiger partial charge in [0, 0.05) is 30.1 Å². The first kappa shape index (κ1) is 31.1. The Morgan fingerprint density at radius 2 is 1.62 bits per heavy atom. The summed E-state index contributed by atoms with van der Waals surface area (Å²) in [5.41, 5.74) is -5.04. The Morgan fingerprint density at radius 1 is 1.02 bits per heavy atom. The van der Waals surface area contributed by atoms with Crippen molar-refractivity contribution in [3.05, 3.63) is 23.8 Å². The van der Waals surface area contributed by atoms with Gasteiger partial charge in [0.1, 0.15) is 17.0 Å². The highest BCUT2D eigenvalue weighted by molar-refractivity contribution is 5.97. The average molecular weight is 561 g/mol. The Hall–Kier alpha value is -1.87. The number of carbonyl (C=O) groups is 3. The number of hydrogen-bond acceptors (Lipinski definition) is 8. The fourth-order valence-electron chi connectivity index (χ4n) is 9.55. The molecule has 3 fully saturated rings. The van der Waals surface area contributed by atoms with E-state index in [9.17, 15) is 34.8 Å². The minimum absolute atomic E-state index is 0.00125. The van der Waals surface area contributed by atoms with Crippen molar-refractivity contribution in [2.45, 2.75) is 118 Å². The molecule has 10 atom stereocenters. The van der Waals surface area contributed by atoms with Gasteiger partial charge in [-0.1, -0.05) is 46.3 Å². The van der Waals surface area contributed by atoms with Gasteiger partial charge in [-0.15, -0.1) is 0 Å². The highest BCUT2D eigenvalue weighted by atomic mass is 16.6. The van der Waals surface area contributed by atoms with E-state index in [1.165, 1.54) is 26.0 Å². The second-order valence-corrected chi connectivity index (χ2v) is 15.0. The molecule has 0 aromatic carbocycles. The van der Waals surface area contributed by atoms with Crippen molar-refractivity contribution in [2.24, 2.45) is 39.4 Å². The van der Waals surface area contributed by atoms with Gasteiger partial charge in [-0.25, -0.2) is 0 Å². The summed E-state index contributed by atoms with van der Waals surface area (Å²) in [5.74, 6) is -2.48. The first-order chi connectivity index (χ1) is 18.1. The second-order valence-electron chi connectivity index (χ2n) is 15.0. The predicted molar refractivity (Wildman–Crippen MR) is 149 cm³/mol. The Morgan fingerprint density at radius 3 is 2.20 bits per heavy atom. The molecule has 0 aliphatic heterocycles. The van der Waals surface area contributed by atoms with E-state index in [4.69, 9.17) is 4.74 Å². The summed E-state index contributed by atoms with van der Waals surface area (Å²) in [6.07, 6.45) is 3.10. The molecule has 0 saturated heterocycles. The summed E-state index contributed by atoms with van der Waals surface area (Å²) >= 11 is 0. The minimum Gasteiger partial charge on any atom is -0.456 e. The maximum Gasteiger partial charge on any atom is 0.303 e. The molecule has 0 heterocycles. The SMILES string of the molecule is CC(=O)OC(C)(C)C=CC(=O)C(C)(O)[C@@H]1[C@@H](O)C[C@]2(C)C3CC=C4C(CC(O)[C@@H](O)C4(C)C)[C@]3(C)C(=O)C[C@@]12C. The van der Waals surface area contributed by atoms with E-state index in [0.29, 0.717) is 12.8 Å². The van der Waals surface area contributed by atoms with Gasteiger partial charge < -0.3 is 25.2 Å². The molecule has 224 valence electrons. The maximum atomic E-state index is 14.3. The molecule has 0 bridgehead atoms. The number of aliphatic hydroxyl groups excluding tert-OH is 3. The molecule has 8 nitrogen and oxygen atoms in total. The summed E-state index contributed by atoms with van der Waals surface area (Å²) in [5, 5.41) is 44.9. The zero-order valence-electron chi connectivity index (χ0n) is 25.4. The van der Waals surface area contributed by atoms with Gasteiger partial charge in [0.15, 0.2) is 5.78 Å². The molecule has 8 heteroatoms. The van der Waals surface area contributed by atoms with Crippen LogP contribution in [0.2, 0.25) is 0 Å². The third-order valence-corrected chi connectivity index (χ3v) is 11.8. The van der Waals surface area contributed by atoms with Crippen LogP contribution in [0.5, 0.6) is 0 Å². The Bertz CT molecular complexity index is 1160. The van der Waals surface area contributed by atoms with E-state index in [2.05, 4.69) is 13.0 Å². The smallest absolute Gasteiger partial charge is 0.303 e. The van der Waals surface area contributed by atoms with Crippen LogP contribution in [0, 0.1) is 39.4 Å².